The molecule has 26 heavy (non-hydrogen) atoms. The van der Waals surface area contributed by atoms with E-state index in [0.29, 0.717) is 16.5 Å². The number of nitrogens with one attached hydrogen (secondary N) is 1. The Morgan fingerprint density at radius 1 is 1.27 bits per heavy atom. The molecule has 2 N–H and O–H groups in total. The Morgan fingerprint density at radius 2 is 2.08 bits per heavy atom. The lowest BCUT2D eigenvalue weighted by molar-refractivity contribution is 0.199. The zero-order valence-corrected chi connectivity index (χ0v) is 15.8. The molecule has 1 atom stereocenters. The Labute approximate surface area is 161 Å². The number of fused-ring (bicyclic) bond motifs is 1. The van der Waals surface area contributed by atoms with Gasteiger partial charge in [-0.25, -0.2) is 15.0 Å². The fraction of sp³-hybridized carbons (Fsp3) is 0.278. The summed E-state index contributed by atoms with van der Waals surface area (Å²) in [6, 6.07) is 7.45. The van der Waals surface area contributed by atoms with Gasteiger partial charge in [0.25, 0.3) is 0 Å². The third-order valence-corrected chi connectivity index (χ3v) is 4.30. The summed E-state index contributed by atoms with van der Waals surface area (Å²) in [7, 11) is 0. The van der Waals surface area contributed by atoms with Crippen molar-refractivity contribution in [3.63, 3.8) is 0 Å². The number of hydrogen-bond donors (Lipinski definition) is 2. The van der Waals surface area contributed by atoms with Crippen molar-refractivity contribution in [2.24, 2.45) is 0 Å². The second-order valence-corrected chi connectivity index (χ2v) is 6.52. The van der Waals surface area contributed by atoms with Crippen LogP contribution >= 0.6 is 23.2 Å². The molecule has 0 unspecified atom stereocenters. The lowest BCUT2D eigenvalue weighted by atomic mass is 10.0. The number of hydrogen-bond acceptors (Lipinski definition) is 6. The Hall–Kier alpha value is -2.15. The van der Waals surface area contributed by atoms with Crippen molar-refractivity contribution in [1.82, 2.24) is 15.0 Å². The highest BCUT2D eigenvalue weighted by molar-refractivity contribution is 6.30. The summed E-state index contributed by atoms with van der Waals surface area (Å²) in [5.41, 5.74) is 2.54. The van der Waals surface area contributed by atoms with Crippen molar-refractivity contribution in [2.45, 2.75) is 19.9 Å². The lowest BCUT2D eigenvalue weighted by Crippen LogP contribution is -2.13. The zero-order chi connectivity index (χ0) is 18.7. The first-order valence-corrected chi connectivity index (χ1v) is 8.83. The Balaban J connectivity index is 1.98. The highest BCUT2D eigenvalue weighted by Gasteiger charge is 2.16. The lowest BCUT2D eigenvalue weighted by Gasteiger charge is -2.21. The first-order chi connectivity index (χ1) is 12.5. The SMILES string of the molecule is Cc1cccc([C@@H](C)Nc2nc(Cl)nc3cnc(Cl)cc23)c1OCCO. The number of aromatic nitrogens is 3. The summed E-state index contributed by atoms with van der Waals surface area (Å²) in [5.74, 6) is 1.30. The van der Waals surface area contributed by atoms with Crippen LogP contribution < -0.4 is 10.1 Å². The standard InChI is InChI=1S/C18H18Cl2N4O2/c1-10-4-3-5-12(16(10)26-7-6-25)11(2)22-17-13-8-15(19)21-9-14(13)23-18(20)24-17/h3-5,8-9,11,25H,6-7H2,1-2H3,(H,22,23,24)/t11-/m1/s1. The minimum Gasteiger partial charge on any atom is -0.491 e. The van der Waals surface area contributed by atoms with E-state index in [9.17, 15) is 0 Å². The smallest absolute Gasteiger partial charge is 0.224 e. The van der Waals surface area contributed by atoms with Gasteiger partial charge in [-0.05, 0) is 37.1 Å². The average Bonchev–Trinajstić information content (AvgIpc) is 2.61. The fourth-order valence-electron chi connectivity index (χ4n) is 2.73. The number of aliphatic hydroxyl groups excluding tert-OH is 1. The van der Waals surface area contributed by atoms with E-state index in [4.69, 9.17) is 33.0 Å². The molecule has 3 rings (SSSR count). The fourth-order valence-corrected chi connectivity index (χ4v) is 3.07. The maximum atomic E-state index is 9.07. The minimum atomic E-state index is -0.135. The Kier molecular flexibility index (Phi) is 5.76. The molecule has 6 nitrogen and oxygen atoms in total. The maximum Gasteiger partial charge on any atom is 0.224 e. The van der Waals surface area contributed by atoms with Gasteiger partial charge in [-0.3, -0.25) is 0 Å². The number of ether oxygens (including phenoxy) is 1. The summed E-state index contributed by atoms with van der Waals surface area (Å²) < 4.78 is 5.73. The van der Waals surface area contributed by atoms with Crippen molar-refractivity contribution in [3.05, 3.63) is 52.0 Å². The predicted molar refractivity (Wildman–Crippen MR) is 103 cm³/mol. The van der Waals surface area contributed by atoms with Gasteiger partial charge < -0.3 is 15.2 Å². The number of anilines is 1. The molecule has 0 fully saturated rings. The number of aliphatic hydroxyl groups is 1. The van der Waals surface area contributed by atoms with Crippen molar-refractivity contribution >= 4 is 39.9 Å². The number of aryl methyl sites for hydroxylation is 1. The van der Waals surface area contributed by atoms with E-state index in [0.717, 1.165) is 22.3 Å². The topological polar surface area (TPSA) is 80.2 Å². The van der Waals surface area contributed by atoms with E-state index < -0.39 is 0 Å². The first-order valence-electron chi connectivity index (χ1n) is 8.08. The molecule has 2 aromatic heterocycles. The molecule has 136 valence electrons. The molecule has 0 radical (unpaired) electrons. The molecule has 0 aliphatic heterocycles. The van der Waals surface area contributed by atoms with E-state index in [2.05, 4.69) is 20.3 Å². The average molecular weight is 393 g/mol. The summed E-state index contributed by atoms with van der Waals surface area (Å²) >= 11 is 12.1. The van der Waals surface area contributed by atoms with Crippen LogP contribution in [0.4, 0.5) is 5.82 Å². The summed E-state index contributed by atoms with van der Waals surface area (Å²) in [6.07, 6.45) is 1.56. The molecule has 0 saturated heterocycles. The molecule has 0 bridgehead atoms. The number of halogens is 2. The first kappa shape index (κ1) is 18.6. The van der Waals surface area contributed by atoms with E-state index in [1.54, 1.807) is 12.3 Å². The van der Waals surface area contributed by atoms with E-state index in [1.807, 2.05) is 32.0 Å². The van der Waals surface area contributed by atoms with E-state index >= 15 is 0 Å². The highest BCUT2D eigenvalue weighted by Crippen LogP contribution is 2.32. The molecule has 0 aliphatic carbocycles. The summed E-state index contributed by atoms with van der Waals surface area (Å²) in [6.45, 7) is 4.14. The minimum absolute atomic E-state index is 0.0484. The molecule has 1 aromatic carbocycles. The molecule has 3 aromatic rings. The van der Waals surface area contributed by atoms with Gasteiger partial charge in [0.15, 0.2) is 0 Å². The van der Waals surface area contributed by atoms with Gasteiger partial charge in [0, 0.05) is 10.9 Å². The normalized spacial score (nSPS) is 12.2. The summed E-state index contributed by atoms with van der Waals surface area (Å²) in [4.78, 5) is 12.5. The molecule has 0 aliphatic rings. The van der Waals surface area contributed by atoms with E-state index in [-0.39, 0.29) is 24.5 Å². The maximum absolute atomic E-state index is 9.07. The third-order valence-electron chi connectivity index (χ3n) is 3.92. The number of benzene rings is 1. The van der Waals surface area contributed by atoms with Gasteiger partial charge in [-0.15, -0.1) is 0 Å². The number of pyridine rings is 1. The van der Waals surface area contributed by atoms with Crippen LogP contribution in [0.2, 0.25) is 10.4 Å². The Bertz CT molecular complexity index is 936. The monoisotopic (exact) mass is 392 g/mol. The third kappa shape index (κ3) is 3.98. The molecular weight excluding hydrogens is 375 g/mol. The quantitative estimate of drug-likeness (QED) is 0.483. The van der Waals surface area contributed by atoms with Gasteiger partial charge >= 0.3 is 0 Å². The second kappa shape index (κ2) is 8.03. The van der Waals surface area contributed by atoms with Crippen LogP contribution in [0.3, 0.4) is 0 Å². The van der Waals surface area contributed by atoms with Crippen molar-refractivity contribution in [2.75, 3.05) is 18.5 Å². The van der Waals surface area contributed by atoms with Crippen LogP contribution in [0.5, 0.6) is 5.75 Å². The highest BCUT2D eigenvalue weighted by atomic mass is 35.5. The van der Waals surface area contributed by atoms with Gasteiger partial charge in [0.1, 0.15) is 23.3 Å². The number of nitrogens with zero attached hydrogens (tertiary/aromatic N) is 3. The van der Waals surface area contributed by atoms with Crippen LogP contribution in [-0.2, 0) is 0 Å². The Morgan fingerprint density at radius 3 is 2.85 bits per heavy atom. The van der Waals surface area contributed by atoms with Gasteiger partial charge in [-0.2, -0.15) is 0 Å². The van der Waals surface area contributed by atoms with Crippen molar-refractivity contribution in [1.29, 1.82) is 0 Å². The van der Waals surface area contributed by atoms with Crippen LogP contribution in [0, 0.1) is 6.92 Å². The van der Waals surface area contributed by atoms with Crippen molar-refractivity contribution < 1.29 is 9.84 Å². The molecule has 0 saturated carbocycles. The largest absolute Gasteiger partial charge is 0.491 e. The van der Waals surface area contributed by atoms with E-state index in [1.165, 1.54) is 0 Å². The molecule has 2 heterocycles. The molecular formula is C18H18Cl2N4O2. The number of rotatable bonds is 6. The second-order valence-electron chi connectivity index (χ2n) is 5.80. The molecule has 8 heteroatoms. The zero-order valence-electron chi connectivity index (χ0n) is 14.3. The predicted octanol–water partition coefficient (Wildman–Crippen LogP) is 4.18. The van der Waals surface area contributed by atoms with Crippen LogP contribution in [0.25, 0.3) is 10.9 Å². The van der Waals surface area contributed by atoms with Gasteiger partial charge in [-0.1, -0.05) is 29.8 Å². The van der Waals surface area contributed by atoms with Gasteiger partial charge in [0.2, 0.25) is 5.28 Å². The van der Waals surface area contributed by atoms with Crippen LogP contribution in [0.15, 0.2) is 30.5 Å². The number of para-hydroxylation sites is 1. The molecule has 0 amide bonds. The summed E-state index contributed by atoms with van der Waals surface area (Å²) in [5, 5.41) is 13.6. The molecule has 0 spiro atoms. The van der Waals surface area contributed by atoms with Crippen molar-refractivity contribution in [3.8, 4) is 5.75 Å². The van der Waals surface area contributed by atoms with Crippen LogP contribution in [0.1, 0.15) is 24.1 Å². The van der Waals surface area contributed by atoms with Gasteiger partial charge in [0.05, 0.1) is 24.4 Å². The van der Waals surface area contributed by atoms with Crippen LogP contribution in [-0.4, -0.2) is 33.3 Å².